The molecular weight excluding hydrogens is 524 g/mol. The zero-order valence-corrected chi connectivity index (χ0v) is 20.3. The molecule has 2 aromatic rings. The van der Waals surface area contributed by atoms with Gasteiger partial charge in [0.05, 0.1) is 11.7 Å². The standard InChI is InChI=1S/C17H22ClN3O.2C2HF3O2/c1-11-5-6-21(19-11)13(3)14-9-16(18)12(2)15-10-20(4)7-8-22-17(14)15;2*3-2(4,5)1(6)7/h5-6,9,13H,7-8,10H2,1-4H3;2*(H,6,7). The average molecular weight is 548 g/mol. The number of ether oxygens (including phenoxy) is 1. The quantitative estimate of drug-likeness (QED) is 0.518. The highest BCUT2D eigenvalue weighted by molar-refractivity contribution is 6.31. The maximum absolute atomic E-state index is 10.6. The molecule has 0 aliphatic carbocycles. The third-order valence-electron chi connectivity index (χ3n) is 4.85. The fourth-order valence-corrected chi connectivity index (χ4v) is 3.15. The van der Waals surface area contributed by atoms with E-state index in [-0.39, 0.29) is 6.04 Å². The molecule has 15 heteroatoms. The third-order valence-corrected chi connectivity index (χ3v) is 5.24. The number of carbonyl (C=O) groups is 2. The lowest BCUT2D eigenvalue weighted by molar-refractivity contribution is -0.193. The van der Waals surface area contributed by atoms with Crippen molar-refractivity contribution >= 4 is 23.5 Å². The molecule has 1 aromatic carbocycles. The Balaban J connectivity index is 0.000000383. The second kappa shape index (κ2) is 12.3. The first-order valence-electron chi connectivity index (χ1n) is 10.1. The van der Waals surface area contributed by atoms with Crippen LogP contribution in [-0.2, 0) is 16.1 Å². The van der Waals surface area contributed by atoms with Gasteiger partial charge in [-0.25, -0.2) is 9.59 Å². The van der Waals surface area contributed by atoms with Gasteiger partial charge in [-0.2, -0.15) is 31.4 Å². The van der Waals surface area contributed by atoms with Crippen LogP contribution in [0.5, 0.6) is 5.75 Å². The molecule has 1 atom stereocenters. The summed E-state index contributed by atoms with van der Waals surface area (Å²) in [5, 5.41) is 19.6. The van der Waals surface area contributed by atoms with Crippen molar-refractivity contribution in [2.75, 3.05) is 20.2 Å². The molecule has 1 aliphatic rings. The minimum atomic E-state index is -5.08. The van der Waals surface area contributed by atoms with Gasteiger partial charge >= 0.3 is 24.3 Å². The monoisotopic (exact) mass is 547 g/mol. The SMILES string of the molecule is Cc1ccn(C(C)c2cc(Cl)c(C)c3c2OCCN(C)C3)n1.O=C(O)C(F)(F)F.O=C(O)C(F)(F)F. The number of carboxylic acid groups (broad SMARTS) is 2. The summed E-state index contributed by atoms with van der Waals surface area (Å²) in [4.78, 5) is 20.1. The maximum Gasteiger partial charge on any atom is 0.490 e. The first kappa shape index (κ1) is 31.0. The van der Waals surface area contributed by atoms with Gasteiger partial charge in [-0.3, -0.25) is 9.58 Å². The molecule has 0 saturated carbocycles. The van der Waals surface area contributed by atoms with E-state index in [1.807, 2.05) is 29.9 Å². The van der Waals surface area contributed by atoms with Gasteiger partial charge < -0.3 is 14.9 Å². The van der Waals surface area contributed by atoms with E-state index in [1.54, 1.807) is 0 Å². The lowest BCUT2D eigenvalue weighted by Gasteiger charge is -2.21. The number of aliphatic carboxylic acids is 2. The summed E-state index contributed by atoms with van der Waals surface area (Å²) in [5.41, 5.74) is 4.41. The Morgan fingerprint density at radius 3 is 2.03 bits per heavy atom. The Morgan fingerprint density at radius 2 is 1.61 bits per heavy atom. The van der Waals surface area contributed by atoms with Crippen LogP contribution < -0.4 is 4.74 Å². The van der Waals surface area contributed by atoms with Crippen molar-refractivity contribution in [3.63, 3.8) is 0 Å². The van der Waals surface area contributed by atoms with E-state index < -0.39 is 24.3 Å². The molecule has 2 N–H and O–H groups in total. The fourth-order valence-electron chi connectivity index (χ4n) is 2.91. The molecule has 3 rings (SSSR count). The van der Waals surface area contributed by atoms with Crippen LogP contribution in [0.25, 0.3) is 0 Å². The number of alkyl halides is 6. The molecule has 0 radical (unpaired) electrons. The van der Waals surface area contributed by atoms with Gasteiger partial charge in [0.2, 0.25) is 0 Å². The van der Waals surface area contributed by atoms with Crippen LogP contribution >= 0.6 is 11.6 Å². The normalized spacial score (nSPS) is 14.6. The number of benzene rings is 1. The molecular formula is C21H24ClF6N3O5. The van der Waals surface area contributed by atoms with Gasteiger partial charge in [0.25, 0.3) is 0 Å². The Labute approximate surface area is 207 Å². The van der Waals surface area contributed by atoms with Crippen LogP contribution in [0, 0.1) is 13.8 Å². The maximum atomic E-state index is 10.6. The number of likely N-dealkylation sites (N-methyl/N-ethyl adjacent to an activating group) is 1. The second-order valence-corrected chi connectivity index (χ2v) is 8.09. The number of carboxylic acids is 2. The van der Waals surface area contributed by atoms with Crippen LogP contribution in [0.1, 0.15) is 35.3 Å². The number of hydrogen-bond acceptors (Lipinski definition) is 5. The summed E-state index contributed by atoms with van der Waals surface area (Å²) < 4.78 is 71.5. The van der Waals surface area contributed by atoms with E-state index in [9.17, 15) is 26.3 Å². The molecule has 1 aromatic heterocycles. The molecule has 202 valence electrons. The van der Waals surface area contributed by atoms with E-state index in [0.717, 1.165) is 40.7 Å². The number of hydrogen-bond donors (Lipinski definition) is 2. The van der Waals surface area contributed by atoms with Crippen molar-refractivity contribution in [3.8, 4) is 5.75 Å². The highest BCUT2D eigenvalue weighted by Crippen LogP contribution is 2.38. The van der Waals surface area contributed by atoms with E-state index >= 15 is 0 Å². The summed E-state index contributed by atoms with van der Waals surface area (Å²) in [7, 11) is 2.11. The first-order chi connectivity index (χ1) is 16.4. The second-order valence-electron chi connectivity index (χ2n) is 7.69. The van der Waals surface area contributed by atoms with E-state index in [4.69, 9.17) is 36.1 Å². The van der Waals surface area contributed by atoms with Crippen molar-refractivity contribution in [2.24, 2.45) is 0 Å². The van der Waals surface area contributed by atoms with Gasteiger partial charge in [-0.1, -0.05) is 11.6 Å². The predicted molar refractivity (Wildman–Crippen MR) is 116 cm³/mol. The summed E-state index contributed by atoms with van der Waals surface area (Å²) in [6, 6.07) is 4.13. The molecule has 0 spiro atoms. The molecule has 1 unspecified atom stereocenters. The topological polar surface area (TPSA) is 105 Å². The van der Waals surface area contributed by atoms with Crippen molar-refractivity contribution in [3.05, 3.63) is 45.7 Å². The smallest absolute Gasteiger partial charge is 0.490 e. The number of nitrogens with zero attached hydrogens (tertiary/aromatic N) is 3. The van der Waals surface area contributed by atoms with Crippen LogP contribution in [0.15, 0.2) is 18.3 Å². The molecule has 0 amide bonds. The van der Waals surface area contributed by atoms with E-state index in [2.05, 4.69) is 30.9 Å². The minimum Gasteiger partial charge on any atom is -0.492 e. The summed E-state index contributed by atoms with van der Waals surface area (Å²) in [6.07, 6.45) is -8.16. The first-order valence-corrected chi connectivity index (χ1v) is 10.5. The summed E-state index contributed by atoms with van der Waals surface area (Å²) in [6.45, 7) is 8.67. The number of aryl methyl sites for hydroxylation is 1. The van der Waals surface area contributed by atoms with Crippen molar-refractivity contribution in [1.29, 1.82) is 0 Å². The molecule has 2 heterocycles. The highest BCUT2D eigenvalue weighted by atomic mass is 35.5. The van der Waals surface area contributed by atoms with Gasteiger partial charge in [-0.15, -0.1) is 0 Å². The molecule has 0 saturated heterocycles. The van der Waals surface area contributed by atoms with Crippen LogP contribution in [0.4, 0.5) is 26.3 Å². The van der Waals surface area contributed by atoms with Gasteiger partial charge in [0, 0.05) is 35.4 Å². The Morgan fingerprint density at radius 1 is 1.11 bits per heavy atom. The van der Waals surface area contributed by atoms with Crippen LogP contribution in [0.2, 0.25) is 5.02 Å². The molecule has 0 fully saturated rings. The Kier molecular flexibility index (Phi) is 10.6. The number of aromatic nitrogens is 2. The van der Waals surface area contributed by atoms with Crippen molar-refractivity contribution in [2.45, 2.75) is 45.7 Å². The Hall–Kier alpha value is -3.00. The van der Waals surface area contributed by atoms with Gasteiger partial charge in [0.1, 0.15) is 12.4 Å². The highest BCUT2D eigenvalue weighted by Gasteiger charge is 2.38. The largest absolute Gasteiger partial charge is 0.492 e. The lowest BCUT2D eigenvalue weighted by Crippen LogP contribution is -2.21. The molecule has 8 nitrogen and oxygen atoms in total. The summed E-state index contributed by atoms with van der Waals surface area (Å²) in [5.74, 6) is -4.54. The minimum absolute atomic E-state index is 0.0870. The molecule has 0 bridgehead atoms. The molecule has 1 aliphatic heterocycles. The van der Waals surface area contributed by atoms with Gasteiger partial charge in [-0.05, 0) is 45.5 Å². The average Bonchev–Trinajstić information content (AvgIpc) is 3.08. The van der Waals surface area contributed by atoms with E-state index in [0.29, 0.717) is 6.61 Å². The molecule has 36 heavy (non-hydrogen) atoms. The van der Waals surface area contributed by atoms with E-state index in [1.165, 1.54) is 5.56 Å². The predicted octanol–water partition coefficient (Wildman–Crippen LogP) is 4.85. The lowest BCUT2D eigenvalue weighted by atomic mass is 9.98. The number of rotatable bonds is 2. The van der Waals surface area contributed by atoms with Crippen molar-refractivity contribution < 1.29 is 50.9 Å². The zero-order chi connectivity index (χ0) is 28.0. The Bertz CT molecular complexity index is 1050. The number of halogens is 7. The summed E-state index contributed by atoms with van der Waals surface area (Å²) >= 11 is 6.48. The van der Waals surface area contributed by atoms with Gasteiger partial charge in [0.15, 0.2) is 0 Å². The third kappa shape index (κ3) is 8.90. The zero-order valence-electron chi connectivity index (χ0n) is 19.5. The van der Waals surface area contributed by atoms with Crippen LogP contribution in [-0.4, -0.2) is 69.4 Å². The fraction of sp³-hybridized carbons (Fsp3) is 0.476. The number of fused-ring (bicyclic) bond motifs is 1. The van der Waals surface area contributed by atoms with Crippen molar-refractivity contribution in [1.82, 2.24) is 14.7 Å². The van der Waals surface area contributed by atoms with Crippen LogP contribution in [0.3, 0.4) is 0 Å².